The van der Waals surface area contributed by atoms with Gasteiger partial charge in [0.15, 0.2) is 0 Å². The third-order valence-corrected chi connectivity index (χ3v) is 5.98. The van der Waals surface area contributed by atoms with Gasteiger partial charge in [-0.1, -0.05) is 6.92 Å². The highest BCUT2D eigenvalue weighted by molar-refractivity contribution is 6.39. The number of aliphatic hydroxyl groups excluding tert-OH is 1. The number of piperidine rings is 1. The van der Waals surface area contributed by atoms with Crippen molar-refractivity contribution in [3.8, 4) is 0 Å². The van der Waals surface area contributed by atoms with Crippen LogP contribution in [-0.2, 0) is 9.59 Å². The lowest BCUT2D eigenvalue weighted by Gasteiger charge is -2.44. The number of nitrogen functional groups attached to an aromatic ring is 1. The molecule has 7 heteroatoms. The van der Waals surface area contributed by atoms with E-state index in [1.54, 1.807) is 17.9 Å². The van der Waals surface area contributed by atoms with Gasteiger partial charge < -0.3 is 21.1 Å². The summed E-state index contributed by atoms with van der Waals surface area (Å²) in [6.45, 7) is 4.53. The molecule has 1 saturated heterocycles. The molecule has 2 aliphatic rings. The van der Waals surface area contributed by atoms with E-state index in [1.807, 2.05) is 0 Å². The molecule has 2 amide bonds. The molecule has 2 heterocycles. The molecule has 1 saturated carbocycles. The maximum absolute atomic E-state index is 12.9. The summed E-state index contributed by atoms with van der Waals surface area (Å²) in [4.78, 5) is 31.3. The van der Waals surface area contributed by atoms with Crippen molar-refractivity contribution < 1.29 is 14.7 Å². The molecule has 2 fully saturated rings. The van der Waals surface area contributed by atoms with Crippen molar-refractivity contribution in [2.45, 2.75) is 64.5 Å². The van der Waals surface area contributed by atoms with Crippen molar-refractivity contribution >= 4 is 23.3 Å². The molecule has 27 heavy (non-hydrogen) atoms. The Morgan fingerprint density at radius 3 is 2.59 bits per heavy atom. The SMILES string of the molecule is Cc1cc(NC(=O)C(=O)N2C[C@@H](C)CCC2[C@H]2CC[C@H](O)CC2)cnc1N. The van der Waals surface area contributed by atoms with Crippen molar-refractivity contribution in [1.82, 2.24) is 9.88 Å². The molecule has 1 unspecified atom stereocenters. The number of likely N-dealkylation sites (tertiary alicyclic amines) is 1. The summed E-state index contributed by atoms with van der Waals surface area (Å²) in [7, 11) is 0. The number of amides is 2. The molecule has 1 aliphatic carbocycles. The van der Waals surface area contributed by atoms with Gasteiger partial charge in [0, 0.05) is 12.6 Å². The second-order valence-corrected chi connectivity index (χ2v) is 8.16. The monoisotopic (exact) mass is 374 g/mol. The number of aryl methyl sites for hydroxylation is 1. The number of nitrogens with zero attached hydrogens (tertiary/aromatic N) is 2. The number of aromatic nitrogens is 1. The molecule has 1 aromatic heterocycles. The van der Waals surface area contributed by atoms with Crippen LogP contribution >= 0.6 is 0 Å². The number of carbonyl (C=O) groups is 2. The quantitative estimate of drug-likeness (QED) is 0.687. The second kappa shape index (κ2) is 8.25. The van der Waals surface area contributed by atoms with E-state index in [0.717, 1.165) is 44.1 Å². The summed E-state index contributed by atoms with van der Waals surface area (Å²) in [5, 5.41) is 12.4. The minimum Gasteiger partial charge on any atom is -0.393 e. The molecule has 2 atom stereocenters. The van der Waals surface area contributed by atoms with Crippen LogP contribution in [0, 0.1) is 18.8 Å². The summed E-state index contributed by atoms with van der Waals surface area (Å²) >= 11 is 0. The first-order valence-electron chi connectivity index (χ1n) is 9.87. The van der Waals surface area contributed by atoms with E-state index >= 15 is 0 Å². The molecule has 0 radical (unpaired) electrons. The molecule has 3 rings (SSSR count). The Labute approximate surface area is 160 Å². The molecule has 0 spiro atoms. The number of anilines is 2. The van der Waals surface area contributed by atoms with Gasteiger partial charge in [0.1, 0.15) is 5.82 Å². The highest BCUT2D eigenvalue weighted by Crippen LogP contribution is 2.35. The van der Waals surface area contributed by atoms with Gasteiger partial charge in [-0.05, 0) is 68.9 Å². The van der Waals surface area contributed by atoms with Crippen LogP contribution in [0.2, 0.25) is 0 Å². The Balaban J connectivity index is 1.70. The van der Waals surface area contributed by atoms with E-state index in [1.165, 1.54) is 6.20 Å². The maximum atomic E-state index is 12.9. The van der Waals surface area contributed by atoms with E-state index in [4.69, 9.17) is 5.73 Å². The molecule has 148 valence electrons. The van der Waals surface area contributed by atoms with Gasteiger partial charge in [-0.2, -0.15) is 0 Å². The van der Waals surface area contributed by atoms with E-state index in [-0.39, 0.29) is 12.1 Å². The number of hydrogen-bond donors (Lipinski definition) is 3. The molecule has 1 aliphatic heterocycles. The number of pyridine rings is 1. The van der Waals surface area contributed by atoms with Crippen LogP contribution in [0.1, 0.15) is 51.0 Å². The molecule has 0 aromatic carbocycles. The number of rotatable bonds is 2. The smallest absolute Gasteiger partial charge is 0.313 e. The lowest BCUT2D eigenvalue weighted by molar-refractivity contribution is -0.148. The minimum absolute atomic E-state index is 0.0817. The fourth-order valence-corrected chi connectivity index (χ4v) is 4.35. The third-order valence-electron chi connectivity index (χ3n) is 5.98. The zero-order chi connectivity index (χ0) is 19.6. The topological polar surface area (TPSA) is 109 Å². The Morgan fingerprint density at radius 2 is 1.93 bits per heavy atom. The highest BCUT2D eigenvalue weighted by Gasteiger charge is 2.38. The van der Waals surface area contributed by atoms with Crippen molar-refractivity contribution in [1.29, 1.82) is 0 Å². The second-order valence-electron chi connectivity index (χ2n) is 8.16. The minimum atomic E-state index is -0.629. The average Bonchev–Trinajstić information content (AvgIpc) is 2.65. The van der Waals surface area contributed by atoms with Gasteiger partial charge in [0.25, 0.3) is 0 Å². The van der Waals surface area contributed by atoms with Crippen LogP contribution < -0.4 is 11.1 Å². The zero-order valence-corrected chi connectivity index (χ0v) is 16.1. The number of carbonyl (C=O) groups excluding carboxylic acids is 2. The summed E-state index contributed by atoms with van der Waals surface area (Å²) in [5.41, 5.74) is 6.93. The molecular formula is C20H30N4O3. The van der Waals surface area contributed by atoms with Crippen LogP contribution in [0.15, 0.2) is 12.3 Å². The largest absolute Gasteiger partial charge is 0.393 e. The van der Waals surface area contributed by atoms with Crippen LogP contribution in [0.3, 0.4) is 0 Å². The van der Waals surface area contributed by atoms with Crippen molar-refractivity contribution in [3.05, 3.63) is 17.8 Å². The fraction of sp³-hybridized carbons (Fsp3) is 0.650. The summed E-state index contributed by atoms with van der Waals surface area (Å²) < 4.78 is 0. The molecule has 4 N–H and O–H groups in total. The summed E-state index contributed by atoms with van der Waals surface area (Å²) in [6.07, 6.45) is 6.60. The first-order chi connectivity index (χ1) is 12.8. The predicted molar refractivity (Wildman–Crippen MR) is 104 cm³/mol. The van der Waals surface area contributed by atoms with Crippen LogP contribution in [-0.4, -0.2) is 45.5 Å². The maximum Gasteiger partial charge on any atom is 0.313 e. The van der Waals surface area contributed by atoms with Gasteiger partial charge in [-0.25, -0.2) is 4.98 Å². The van der Waals surface area contributed by atoms with Gasteiger partial charge in [-0.15, -0.1) is 0 Å². The fourth-order valence-electron chi connectivity index (χ4n) is 4.35. The third kappa shape index (κ3) is 4.58. The van der Waals surface area contributed by atoms with Gasteiger partial charge in [0.05, 0.1) is 18.0 Å². The Hall–Kier alpha value is -2.15. The van der Waals surface area contributed by atoms with Crippen molar-refractivity contribution in [2.24, 2.45) is 11.8 Å². The number of hydrogen-bond acceptors (Lipinski definition) is 5. The van der Waals surface area contributed by atoms with Crippen LogP contribution in [0.5, 0.6) is 0 Å². The highest BCUT2D eigenvalue weighted by atomic mass is 16.3. The van der Waals surface area contributed by atoms with Crippen LogP contribution in [0.4, 0.5) is 11.5 Å². The molecule has 7 nitrogen and oxygen atoms in total. The summed E-state index contributed by atoms with van der Waals surface area (Å²) in [6, 6.07) is 1.80. The standard InChI is InChI=1S/C20H30N4O3/c1-12-3-8-17(14-4-6-16(25)7-5-14)24(11-12)20(27)19(26)23-15-9-13(2)18(21)22-10-15/h9-10,12,14,16-17,25H,3-8,11H2,1-2H3,(H2,21,22)(H,23,26)/t12-,14-,16-,17?/m0/s1. The normalized spacial score (nSPS) is 28.6. The first-order valence-corrected chi connectivity index (χ1v) is 9.87. The zero-order valence-electron chi connectivity index (χ0n) is 16.1. The lowest BCUT2D eigenvalue weighted by atomic mass is 9.77. The number of nitrogens with two attached hydrogens (primary N) is 1. The van der Waals surface area contributed by atoms with Gasteiger partial charge in [-0.3, -0.25) is 9.59 Å². The number of aliphatic hydroxyl groups is 1. The van der Waals surface area contributed by atoms with Crippen LogP contribution in [0.25, 0.3) is 0 Å². The lowest BCUT2D eigenvalue weighted by Crippen LogP contribution is -2.53. The Morgan fingerprint density at radius 1 is 1.22 bits per heavy atom. The molecule has 1 aromatic rings. The molecular weight excluding hydrogens is 344 g/mol. The first kappa shape index (κ1) is 19.6. The van der Waals surface area contributed by atoms with Crippen molar-refractivity contribution in [2.75, 3.05) is 17.6 Å². The average molecular weight is 374 g/mol. The van der Waals surface area contributed by atoms with E-state index < -0.39 is 11.8 Å². The Kier molecular flexibility index (Phi) is 5.99. The Bertz CT molecular complexity index is 700. The van der Waals surface area contributed by atoms with Gasteiger partial charge >= 0.3 is 11.8 Å². The van der Waals surface area contributed by atoms with E-state index in [2.05, 4.69) is 17.2 Å². The molecule has 0 bridgehead atoms. The van der Waals surface area contributed by atoms with E-state index in [0.29, 0.717) is 29.9 Å². The number of nitrogens with one attached hydrogen (secondary N) is 1. The van der Waals surface area contributed by atoms with E-state index in [9.17, 15) is 14.7 Å². The summed E-state index contributed by atoms with van der Waals surface area (Å²) in [5.74, 6) is 0.0393. The predicted octanol–water partition coefficient (Wildman–Crippen LogP) is 2.09. The van der Waals surface area contributed by atoms with Gasteiger partial charge in [0.2, 0.25) is 0 Å². The van der Waals surface area contributed by atoms with Crippen molar-refractivity contribution in [3.63, 3.8) is 0 Å².